The molecule has 1 fully saturated rings. The Morgan fingerprint density at radius 1 is 0.902 bits per heavy atom. The Morgan fingerprint density at radius 2 is 1.63 bits per heavy atom. The molecular weight excluding hydrogens is 514 g/mol. The molecule has 0 atom stereocenters. The van der Waals surface area contributed by atoms with Gasteiger partial charge in [-0.1, -0.05) is 42.5 Å². The number of carbonyl (C=O) groups excluding carboxylic acids is 1. The van der Waals surface area contributed by atoms with E-state index in [-0.39, 0.29) is 5.91 Å². The number of nitrogens with zero attached hydrogens (tertiary/aromatic N) is 6. The standard InChI is InChI=1S/C32H33N7O2/c1-37-18-20-38(21-19-37)32(40)25-12-10-24(11-13-25)29-35-30(33-17-16-23-8-14-27(41-2)15-9-23)28-31(36-29)39(22-34-28)26-6-4-3-5-7-26/h3-15,22H,16-21H2,1-2H3,(H,33,35,36). The summed E-state index contributed by atoms with van der Waals surface area (Å²) < 4.78 is 7.25. The summed E-state index contributed by atoms with van der Waals surface area (Å²) in [4.78, 5) is 31.7. The van der Waals surface area contributed by atoms with Gasteiger partial charge in [-0.2, -0.15) is 0 Å². The number of hydrogen-bond donors (Lipinski definition) is 1. The van der Waals surface area contributed by atoms with Gasteiger partial charge in [0.2, 0.25) is 0 Å². The van der Waals surface area contributed by atoms with Crippen LogP contribution < -0.4 is 10.1 Å². The molecule has 1 N–H and O–H groups in total. The first-order valence-corrected chi connectivity index (χ1v) is 13.8. The van der Waals surface area contributed by atoms with Crippen molar-refractivity contribution in [2.75, 3.05) is 52.2 Å². The smallest absolute Gasteiger partial charge is 0.253 e. The molecule has 2 aromatic heterocycles. The van der Waals surface area contributed by atoms with E-state index in [1.165, 1.54) is 5.56 Å². The Balaban J connectivity index is 1.29. The van der Waals surface area contributed by atoms with Crippen molar-refractivity contribution >= 4 is 22.9 Å². The Morgan fingerprint density at radius 3 is 2.34 bits per heavy atom. The minimum absolute atomic E-state index is 0.0593. The van der Waals surface area contributed by atoms with Gasteiger partial charge in [0.1, 0.15) is 12.1 Å². The summed E-state index contributed by atoms with van der Waals surface area (Å²) >= 11 is 0. The number of benzene rings is 3. The predicted octanol–water partition coefficient (Wildman–Crippen LogP) is 4.53. The molecule has 1 amide bonds. The van der Waals surface area contributed by atoms with Gasteiger partial charge in [-0.05, 0) is 55.4 Å². The van der Waals surface area contributed by atoms with Crippen molar-refractivity contribution in [1.29, 1.82) is 0 Å². The van der Waals surface area contributed by atoms with Crippen molar-refractivity contribution in [3.8, 4) is 22.8 Å². The lowest BCUT2D eigenvalue weighted by Gasteiger charge is -2.32. The molecule has 6 rings (SSSR count). The van der Waals surface area contributed by atoms with Crippen LogP contribution in [0.2, 0.25) is 0 Å². The van der Waals surface area contributed by atoms with Crippen LogP contribution in [0.25, 0.3) is 28.2 Å². The number of piperazine rings is 1. The first-order valence-electron chi connectivity index (χ1n) is 13.8. The molecule has 0 aliphatic carbocycles. The van der Waals surface area contributed by atoms with Crippen molar-refractivity contribution in [2.24, 2.45) is 0 Å². The minimum atomic E-state index is 0.0593. The molecule has 5 aromatic rings. The first-order chi connectivity index (χ1) is 20.1. The zero-order valence-electron chi connectivity index (χ0n) is 23.3. The van der Waals surface area contributed by atoms with Crippen LogP contribution in [0, 0.1) is 0 Å². The van der Waals surface area contributed by atoms with Crippen molar-refractivity contribution < 1.29 is 9.53 Å². The topological polar surface area (TPSA) is 88.4 Å². The van der Waals surface area contributed by atoms with Crippen molar-refractivity contribution in [1.82, 2.24) is 29.3 Å². The number of para-hydroxylation sites is 1. The zero-order chi connectivity index (χ0) is 28.2. The quantitative estimate of drug-likeness (QED) is 0.305. The molecule has 3 heterocycles. The molecule has 0 unspecified atom stereocenters. The second kappa shape index (κ2) is 11.8. The first kappa shape index (κ1) is 26.5. The highest BCUT2D eigenvalue weighted by Crippen LogP contribution is 2.27. The number of amides is 1. The third-order valence-corrected chi connectivity index (χ3v) is 7.48. The maximum absolute atomic E-state index is 13.1. The maximum Gasteiger partial charge on any atom is 0.253 e. The van der Waals surface area contributed by atoms with E-state index in [0.717, 1.165) is 49.6 Å². The highest BCUT2D eigenvalue weighted by Gasteiger charge is 2.21. The number of imidazole rings is 1. The summed E-state index contributed by atoms with van der Waals surface area (Å²) in [5.41, 5.74) is 5.09. The monoisotopic (exact) mass is 547 g/mol. The SMILES string of the molecule is COc1ccc(CCNc2nc(-c3ccc(C(=O)N4CCN(C)CC4)cc3)nc3c2ncn3-c2ccccc2)cc1. The van der Waals surface area contributed by atoms with Crippen LogP contribution in [-0.2, 0) is 6.42 Å². The second-order valence-corrected chi connectivity index (χ2v) is 10.2. The number of hydrogen-bond acceptors (Lipinski definition) is 7. The van der Waals surface area contributed by atoms with Gasteiger partial charge < -0.3 is 19.9 Å². The highest BCUT2D eigenvalue weighted by molar-refractivity contribution is 5.95. The molecule has 1 aliphatic rings. The fraction of sp³-hybridized carbons (Fsp3) is 0.250. The van der Waals surface area contributed by atoms with Gasteiger partial charge in [0.25, 0.3) is 5.91 Å². The number of aromatic nitrogens is 4. The molecule has 208 valence electrons. The van der Waals surface area contributed by atoms with Crippen molar-refractivity contribution in [3.63, 3.8) is 0 Å². The lowest BCUT2D eigenvalue weighted by atomic mass is 10.1. The molecule has 9 heteroatoms. The number of likely N-dealkylation sites (N-methyl/N-ethyl adjacent to an activating group) is 1. The Labute approximate surface area is 239 Å². The highest BCUT2D eigenvalue weighted by atomic mass is 16.5. The third kappa shape index (κ3) is 5.76. The van der Waals surface area contributed by atoms with Crippen LogP contribution in [0.4, 0.5) is 5.82 Å². The van der Waals surface area contributed by atoms with E-state index in [4.69, 9.17) is 14.7 Å². The maximum atomic E-state index is 13.1. The number of ether oxygens (including phenoxy) is 1. The predicted molar refractivity (Wildman–Crippen MR) is 161 cm³/mol. The fourth-order valence-electron chi connectivity index (χ4n) is 5.00. The number of carbonyl (C=O) groups is 1. The lowest BCUT2D eigenvalue weighted by Crippen LogP contribution is -2.47. The summed E-state index contributed by atoms with van der Waals surface area (Å²) in [6, 6.07) is 25.7. The van der Waals surface area contributed by atoms with Gasteiger partial charge in [-0.3, -0.25) is 9.36 Å². The summed E-state index contributed by atoms with van der Waals surface area (Å²) in [7, 11) is 3.75. The van der Waals surface area contributed by atoms with Gasteiger partial charge in [0.15, 0.2) is 22.8 Å². The van der Waals surface area contributed by atoms with E-state index in [0.29, 0.717) is 34.9 Å². The van der Waals surface area contributed by atoms with Crippen LogP contribution in [0.3, 0.4) is 0 Å². The van der Waals surface area contributed by atoms with Crippen LogP contribution >= 0.6 is 0 Å². The molecule has 1 aliphatic heterocycles. The molecule has 0 saturated carbocycles. The van der Waals surface area contributed by atoms with Gasteiger partial charge in [0.05, 0.1) is 7.11 Å². The Bertz CT molecular complexity index is 1630. The number of nitrogens with one attached hydrogen (secondary N) is 1. The molecular formula is C32H33N7O2. The molecule has 41 heavy (non-hydrogen) atoms. The van der Waals surface area contributed by atoms with Gasteiger partial charge in [-0.15, -0.1) is 0 Å². The summed E-state index contributed by atoms with van der Waals surface area (Å²) in [5, 5.41) is 3.49. The molecule has 3 aromatic carbocycles. The minimum Gasteiger partial charge on any atom is -0.497 e. The van der Waals surface area contributed by atoms with Gasteiger partial charge in [0, 0.05) is 49.5 Å². The average molecular weight is 548 g/mol. The summed E-state index contributed by atoms with van der Waals surface area (Å²) in [5.74, 6) is 2.14. The van der Waals surface area contributed by atoms with Gasteiger partial charge >= 0.3 is 0 Å². The molecule has 0 radical (unpaired) electrons. The van der Waals surface area contributed by atoms with E-state index in [1.807, 2.05) is 76.2 Å². The van der Waals surface area contributed by atoms with Crippen LogP contribution in [0.5, 0.6) is 5.75 Å². The number of anilines is 1. The van der Waals surface area contributed by atoms with Crippen LogP contribution in [0.15, 0.2) is 85.2 Å². The van der Waals surface area contributed by atoms with E-state index >= 15 is 0 Å². The Hall–Kier alpha value is -4.76. The largest absolute Gasteiger partial charge is 0.497 e. The van der Waals surface area contributed by atoms with E-state index in [2.05, 4.69) is 34.4 Å². The molecule has 0 bridgehead atoms. The second-order valence-electron chi connectivity index (χ2n) is 10.2. The van der Waals surface area contributed by atoms with Crippen molar-refractivity contribution in [2.45, 2.75) is 6.42 Å². The number of methoxy groups -OCH3 is 1. The zero-order valence-corrected chi connectivity index (χ0v) is 23.3. The van der Waals surface area contributed by atoms with E-state index in [1.54, 1.807) is 13.4 Å². The van der Waals surface area contributed by atoms with Gasteiger partial charge in [-0.25, -0.2) is 15.0 Å². The van der Waals surface area contributed by atoms with Crippen LogP contribution in [0.1, 0.15) is 15.9 Å². The number of fused-ring (bicyclic) bond motifs is 1. The lowest BCUT2D eigenvalue weighted by molar-refractivity contribution is 0.0664. The van der Waals surface area contributed by atoms with Crippen LogP contribution in [-0.4, -0.2) is 82.1 Å². The third-order valence-electron chi connectivity index (χ3n) is 7.48. The Kier molecular flexibility index (Phi) is 7.60. The van der Waals surface area contributed by atoms with E-state index in [9.17, 15) is 4.79 Å². The molecule has 0 spiro atoms. The molecule has 9 nitrogen and oxygen atoms in total. The fourth-order valence-corrected chi connectivity index (χ4v) is 5.00. The van der Waals surface area contributed by atoms with E-state index < -0.39 is 0 Å². The van der Waals surface area contributed by atoms with Crippen molar-refractivity contribution in [3.05, 3.63) is 96.3 Å². The summed E-state index contributed by atoms with van der Waals surface area (Å²) in [6.45, 7) is 3.94. The summed E-state index contributed by atoms with van der Waals surface area (Å²) in [6.07, 6.45) is 2.60. The average Bonchev–Trinajstić information content (AvgIpc) is 3.46. The molecule has 1 saturated heterocycles. The normalized spacial score (nSPS) is 13.9. The number of rotatable bonds is 8.